The SMILES string of the molecule is O=C([O-])CC(=O)C(=O)O.O=C([O-])CC(=O)C(=O)O.O=C([O-])CC(=O)C(=O)O.[Cr+3]. The van der Waals surface area contributed by atoms with Gasteiger partial charge in [-0.15, -0.1) is 0 Å². The molecule has 0 aromatic rings. The Morgan fingerprint density at radius 1 is 0.464 bits per heavy atom. The van der Waals surface area contributed by atoms with Crippen molar-refractivity contribution in [2.75, 3.05) is 0 Å². The smallest absolute Gasteiger partial charge is 0.550 e. The minimum atomic E-state index is -1.75. The van der Waals surface area contributed by atoms with E-state index >= 15 is 0 Å². The van der Waals surface area contributed by atoms with Gasteiger partial charge in [-0.05, 0) is 0 Å². The van der Waals surface area contributed by atoms with Crippen LogP contribution in [-0.4, -0.2) is 68.5 Å². The molecule has 153 valence electrons. The Hall–Kier alpha value is -3.64. The molecule has 0 aliphatic carbocycles. The van der Waals surface area contributed by atoms with E-state index in [4.69, 9.17) is 15.3 Å². The third-order valence-electron chi connectivity index (χ3n) is 1.63. The minimum absolute atomic E-state index is 0. The molecule has 0 aliphatic rings. The van der Waals surface area contributed by atoms with Gasteiger partial charge in [-0.2, -0.15) is 0 Å². The van der Waals surface area contributed by atoms with Crippen LogP contribution in [0.5, 0.6) is 0 Å². The van der Waals surface area contributed by atoms with Crippen LogP contribution in [0.25, 0.3) is 0 Å². The number of carboxylic acid groups (broad SMARTS) is 6. The van der Waals surface area contributed by atoms with Gasteiger partial charge in [-0.1, -0.05) is 0 Å². The summed E-state index contributed by atoms with van der Waals surface area (Å²) in [5.74, 6) is -14.4. The predicted octanol–water partition coefficient (Wildman–Crippen LogP) is -6.66. The molecule has 0 amide bonds. The molecule has 0 atom stereocenters. The average molecular weight is 445 g/mol. The van der Waals surface area contributed by atoms with Crippen molar-refractivity contribution in [3.05, 3.63) is 0 Å². The van der Waals surface area contributed by atoms with Gasteiger partial charge in [0.1, 0.15) is 0 Å². The van der Waals surface area contributed by atoms with Crippen molar-refractivity contribution in [1.29, 1.82) is 0 Å². The van der Waals surface area contributed by atoms with Crippen LogP contribution in [0.15, 0.2) is 0 Å². The molecule has 0 fully saturated rings. The Labute approximate surface area is 164 Å². The minimum Gasteiger partial charge on any atom is -0.550 e. The molecule has 0 rings (SSSR count). The fourth-order valence-electron chi connectivity index (χ4n) is 0.620. The van der Waals surface area contributed by atoms with Crippen molar-refractivity contribution in [1.82, 2.24) is 0 Å². The van der Waals surface area contributed by atoms with Gasteiger partial charge < -0.3 is 45.0 Å². The summed E-state index contributed by atoms with van der Waals surface area (Å²) in [6, 6.07) is 0. The molecule has 1 radical (unpaired) electrons. The van der Waals surface area contributed by atoms with Crippen LogP contribution in [0.4, 0.5) is 0 Å². The van der Waals surface area contributed by atoms with Crippen molar-refractivity contribution >= 4 is 53.2 Å². The molecular formula is C12H9CrO15. The van der Waals surface area contributed by atoms with Crippen molar-refractivity contribution in [3.63, 3.8) is 0 Å². The topological polar surface area (TPSA) is 284 Å². The summed E-state index contributed by atoms with van der Waals surface area (Å²) in [6.07, 6.45) is -3.18. The van der Waals surface area contributed by atoms with E-state index in [0.29, 0.717) is 0 Å². The number of carboxylic acids is 6. The van der Waals surface area contributed by atoms with Crippen LogP contribution >= 0.6 is 0 Å². The molecule has 0 bridgehead atoms. The van der Waals surface area contributed by atoms with E-state index in [2.05, 4.69) is 0 Å². The maximum atomic E-state index is 9.93. The van der Waals surface area contributed by atoms with Crippen molar-refractivity contribution < 1.29 is 91.2 Å². The largest absolute Gasteiger partial charge is 3.00 e. The average Bonchev–Trinajstić information content (AvgIpc) is 2.46. The number of carbonyl (C=O) groups excluding carboxylic acids is 6. The van der Waals surface area contributed by atoms with Crippen molar-refractivity contribution in [2.24, 2.45) is 0 Å². The van der Waals surface area contributed by atoms with Gasteiger partial charge in [0, 0.05) is 17.9 Å². The van der Waals surface area contributed by atoms with Gasteiger partial charge in [0.05, 0.1) is 19.3 Å². The summed E-state index contributed by atoms with van der Waals surface area (Å²) < 4.78 is 0. The third kappa shape index (κ3) is 24.6. The number of aliphatic carboxylic acids is 6. The van der Waals surface area contributed by atoms with Crippen LogP contribution < -0.4 is 15.3 Å². The summed E-state index contributed by atoms with van der Waals surface area (Å²) in [5, 5.41) is 51.9. The quantitative estimate of drug-likeness (QED) is 0.219. The van der Waals surface area contributed by atoms with Crippen LogP contribution in [0.3, 0.4) is 0 Å². The van der Waals surface area contributed by atoms with E-state index < -0.39 is 72.4 Å². The number of Topliss-reactive ketones (excluding diaryl/α,β-unsaturated/α-hetero) is 3. The first-order valence-corrected chi connectivity index (χ1v) is 5.99. The molecule has 0 spiro atoms. The van der Waals surface area contributed by atoms with Crippen molar-refractivity contribution in [3.8, 4) is 0 Å². The zero-order valence-electron chi connectivity index (χ0n) is 13.3. The van der Waals surface area contributed by atoms with Crippen LogP contribution in [0, 0.1) is 0 Å². The fraction of sp³-hybridized carbons (Fsp3) is 0.250. The zero-order valence-corrected chi connectivity index (χ0v) is 14.5. The van der Waals surface area contributed by atoms with E-state index in [1.165, 1.54) is 0 Å². The number of hydrogen-bond acceptors (Lipinski definition) is 12. The Bertz CT molecular complexity index is 572. The monoisotopic (exact) mass is 445 g/mol. The Morgan fingerprint density at radius 2 is 0.607 bits per heavy atom. The Kier molecular flexibility index (Phi) is 19.3. The third-order valence-corrected chi connectivity index (χ3v) is 1.63. The molecule has 0 aromatic heterocycles. The molecule has 3 N–H and O–H groups in total. The number of hydrogen-bond donors (Lipinski definition) is 3. The molecule has 0 aliphatic heterocycles. The first-order valence-electron chi connectivity index (χ1n) is 5.99. The Balaban J connectivity index is -0.000000152. The van der Waals surface area contributed by atoms with E-state index in [1.807, 2.05) is 0 Å². The molecule has 0 heterocycles. The molecule has 16 heteroatoms. The number of carbonyl (C=O) groups is 9. The summed E-state index contributed by atoms with van der Waals surface area (Å²) in [7, 11) is 0. The number of rotatable bonds is 9. The Morgan fingerprint density at radius 3 is 0.643 bits per heavy atom. The second-order valence-corrected chi connectivity index (χ2v) is 3.83. The maximum Gasteiger partial charge on any atom is 3.00 e. The van der Waals surface area contributed by atoms with Crippen LogP contribution in [0.2, 0.25) is 0 Å². The normalized spacial score (nSPS) is 8.14. The zero-order chi connectivity index (χ0) is 22.3. The molecule has 28 heavy (non-hydrogen) atoms. The van der Waals surface area contributed by atoms with Crippen LogP contribution in [0.1, 0.15) is 19.3 Å². The predicted molar refractivity (Wildman–Crippen MR) is 66.8 cm³/mol. The first kappa shape index (κ1) is 32.1. The van der Waals surface area contributed by atoms with E-state index in [1.54, 1.807) is 0 Å². The summed E-state index contributed by atoms with van der Waals surface area (Å²) in [6.45, 7) is 0. The summed E-state index contributed by atoms with van der Waals surface area (Å²) in [4.78, 5) is 87.1. The molecular weight excluding hydrogens is 436 g/mol. The standard InChI is InChI=1S/3C4H4O5.Cr/c3*5-2(4(8)9)1-3(6)7;/h3*1H2,(H,6,7)(H,8,9);/q;;;+3/p-3. The fourth-order valence-corrected chi connectivity index (χ4v) is 0.620. The van der Waals surface area contributed by atoms with Gasteiger partial charge >= 0.3 is 35.3 Å². The van der Waals surface area contributed by atoms with Gasteiger partial charge in [-0.25, -0.2) is 14.4 Å². The molecule has 0 saturated carbocycles. The molecule has 0 saturated heterocycles. The van der Waals surface area contributed by atoms with Gasteiger partial charge in [0.15, 0.2) is 0 Å². The van der Waals surface area contributed by atoms with Crippen molar-refractivity contribution in [2.45, 2.75) is 19.3 Å². The second-order valence-electron chi connectivity index (χ2n) is 3.83. The van der Waals surface area contributed by atoms with Gasteiger partial charge in [-0.3, -0.25) is 14.4 Å². The summed E-state index contributed by atoms with van der Waals surface area (Å²) in [5.41, 5.74) is 0. The second kappa shape index (κ2) is 16.8. The molecule has 0 unspecified atom stereocenters. The first-order chi connectivity index (χ1) is 12.1. The van der Waals surface area contributed by atoms with Crippen LogP contribution in [-0.2, 0) is 60.5 Å². The van der Waals surface area contributed by atoms with E-state index in [-0.39, 0.29) is 17.4 Å². The molecule has 15 nitrogen and oxygen atoms in total. The number of ketones is 3. The maximum absolute atomic E-state index is 9.93. The van der Waals surface area contributed by atoms with E-state index in [0.717, 1.165) is 0 Å². The molecule has 0 aromatic carbocycles. The summed E-state index contributed by atoms with van der Waals surface area (Å²) >= 11 is 0. The van der Waals surface area contributed by atoms with E-state index in [9.17, 15) is 58.5 Å². The van der Waals surface area contributed by atoms with Gasteiger partial charge in [0.2, 0.25) is 17.3 Å². The van der Waals surface area contributed by atoms with Gasteiger partial charge in [0.25, 0.3) is 0 Å².